The molecule has 1 rings (SSSR count). The molecule has 0 saturated heterocycles. The molecule has 6 heteroatoms. The fraction of sp³-hybridized carbons (Fsp3) is 0.364. The maximum absolute atomic E-state index is 11.4. The third-order valence-corrected chi connectivity index (χ3v) is 3.38. The Balaban J connectivity index is 2.95. The Morgan fingerprint density at radius 2 is 1.94 bits per heavy atom. The van der Waals surface area contributed by atoms with E-state index in [0.29, 0.717) is 17.2 Å². The summed E-state index contributed by atoms with van der Waals surface area (Å²) in [7, 11) is 1.30. The number of methoxy groups -OCH3 is 1. The Morgan fingerprint density at radius 1 is 1.29 bits per heavy atom. The molecule has 0 radical (unpaired) electrons. The van der Waals surface area contributed by atoms with Crippen molar-refractivity contribution < 1.29 is 14.3 Å². The molecule has 0 bridgehead atoms. The van der Waals surface area contributed by atoms with Gasteiger partial charge in [0.15, 0.2) is 6.10 Å². The fourth-order valence-corrected chi connectivity index (χ4v) is 1.75. The van der Waals surface area contributed by atoms with Crippen molar-refractivity contribution in [3.63, 3.8) is 0 Å². The maximum Gasteiger partial charge on any atom is 0.347 e. The van der Waals surface area contributed by atoms with E-state index >= 15 is 0 Å². The summed E-state index contributed by atoms with van der Waals surface area (Å²) < 4.78 is 10.0. The number of esters is 1. The topological polar surface area (TPSA) is 35.5 Å². The molecule has 1 atom stereocenters. The van der Waals surface area contributed by atoms with Crippen molar-refractivity contribution in [2.24, 2.45) is 0 Å². The van der Waals surface area contributed by atoms with Gasteiger partial charge in [-0.2, -0.15) is 0 Å². The largest absolute Gasteiger partial charge is 0.477 e. The molecule has 0 amide bonds. The van der Waals surface area contributed by atoms with Gasteiger partial charge in [-0.25, -0.2) is 4.79 Å². The lowest BCUT2D eigenvalue weighted by atomic mass is 10.2. The second kappa shape index (κ2) is 6.34. The third kappa shape index (κ3) is 3.41. The molecule has 1 aromatic carbocycles. The van der Waals surface area contributed by atoms with Gasteiger partial charge >= 0.3 is 5.97 Å². The highest BCUT2D eigenvalue weighted by molar-refractivity contribution is 6.48. The van der Waals surface area contributed by atoms with Crippen molar-refractivity contribution in [3.05, 3.63) is 27.2 Å². The van der Waals surface area contributed by atoms with Gasteiger partial charge in [-0.3, -0.25) is 0 Å². The molecular formula is C11H11Cl3O3. The Labute approximate surface area is 115 Å². The van der Waals surface area contributed by atoms with Gasteiger partial charge in [0.2, 0.25) is 0 Å². The minimum absolute atomic E-state index is 0.182. The van der Waals surface area contributed by atoms with E-state index in [1.165, 1.54) is 7.11 Å². The van der Waals surface area contributed by atoms with Gasteiger partial charge in [-0.1, -0.05) is 41.7 Å². The number of hydrogen-bond acceptors (Lipinski definition) is 3. The lowest BCUT2D eigenvalue weighted by Crippen LogP contribution is -2.27. The summed E-state index contributed by atoms with van der Waals surface area (Å²) in [6.45, 7) is 1.80. The van der Waals surface area contributed by atoms with Gasteiger partial charge in [0.05, 0.1) is 17.2 Å². The summed E-state index contributed by atoms with van der Waals surface area (Å²) in [4.78, 5) is 11.4. The predicted octanol–water partition coefficient (Wildman–Crippen LogP) is 3.98. The van der Waals surface area contributed by atoms with Gasteiger partial charge in [0, 0.05) is 0 Å². The molecule has 0 fully saturated rings. The van der Waals surface area contributed by atoms with Crippen LogP contribution < -0.4 is 4.74 Å². The number of halogens is 3. The summed E-state index contributed by atoms with van der Waals surface area (Å²) in [5, 5.41) is 0.710. The Morgan fingerprint density at radius 3 is 2.47 bits per heavy atom. The minimum atomic E-state index is -0.713. The van der Waals surface area contributed by atoms with Crippen LogP contribution in [0, 0.1) is 0 Å². The van der Waals surface area contributed by atoms with E-state index in [1.807, 2.05) is 0 Å². The van der Waals surface area contributed by atoms with Crippen molar-refractivity contribution in [1.82, 2.24) is 0 Å². The maximum atomic E-state index is 11.4. The lowest BCUT2D eigenvalue weighted by Gasteiger charge is -2.16. The van der Waals surface area contributed by atoms with E-state index in [4.69, 9.17) is 39.5 Å². The molecule has 0 N–H and O–H groups in total. The van der Waals surface area contributed by atoms with Crippen LogP contribution in [0.2, 0.25) is 15.1 Å². The normalized spacial score (nSPS) is 12.1. The van der Waals surface area contributed by atoms with Crippen molar-refractivity contribution >= 4 is 40.8 Å². The van der Waals surface area contributed by atoms with E-state index in [2.05, 4.69) is 4.74 Å². The fourth-order valence-electron chi connectivity index (χ4n) is 1.18. The molecule has 0 aromatic heterocycles. The molecule has 0 aliphatic heterocycles. The van der Waals surface area contributed by atoms with Crippen LogP contribution in [0.25, 0.3) is 0 Å². The Hall–Kier alpha value is -0.640. The predicted molar refractivity (Wildman–Crippen MR) is 68.2 cm³/mol. The van der Waals surface area contributed by atoms with Gasteiger partial charge in [-0.05, 0) is 18.6 Å². The second-order valence-electron chi connectivity index (χ2n) is 3.21. The molecule has 0 heterocycles. The number of hydrogen-bond donors (Lipinski definition) is 0. The minimum Gasteiger partial charge on any atom is -0.477 e. The Bertz CT molecular complexity index is 421. The van der Waals surface area contributed by atoms with Crippen molar-refractivity contribution in [2.45, 2.75) is 19.4 Å². The number of ether oxygens (including phenoxy) is 2. The molecule has 0 unspecified atom stereocenters. The van der Waals surface area contributed by atoms with Gasteiger partial charge < -0.3 is 9.47 Å². The van der Waals surface area contributed by atoms with Gasteiger partial charge in [0.25, 0.3) is 0 Å². The first-order chi connectivity index (χ1) is 8.01. The summed E-state index contributed by atoms with van der Waals surface area (Å²) in [6, 6.07) is 3.11. The van der Waals surface area contributed by atoms with Crippen molar-refractivity contribution in [3.8, 4) is 5.75 Å². The number of rotatable bonds is 4. The molecule has 1 aromatic rings. The van der Waals surface area contributed by atoms with Crippen LogP contribution in [0.4, 0.5) is 0 Å². The molecule has 3 nitrogen and oxygen atoms in total. The van der Waals surface area contributed by atoms with E-state index in [1.54, 1.807) is 19.1 Å². The van der Waals surface area contributed by atoms with Gasteiger partial charge in [0.1, 0.15) is 10.8 Å². The van der Waals surface area contributed by atoms with Crippen LogP contribution in [-0.2, 0) is 9.53 Å². The van der Waals surface area contributed by atoms with Crippen LogP contribution in [0.15, 0.2) is 12.1 Å². The number of benzene rings is 1. The van der Waals surface area contributed by atoms with E-state index in [9.17, 15) is 4.79 Å². The number of carbonyl (C=O) groups is 1. The highest BCUT2D eigenvalue weighted by Crippen LogP contribution is 2.37. The zero-order valence-corrected chi connectivity index (χ0v) is 11.6. The van der Waals surface area contributed by atoms with Crippen LogP contribution in [0.5, 0.6) is 5.75 Å². The van der Waals surface area contributed by atoms with Crippen molar-refractivity contribution in [1.29, 1.82) is 0 Å². The Kier molecular flexibility index (Phi) is 5.37. The molecule has 0 saturated carbocycles. The van der Waals surface area contributed by atoms with Crippen LogP contribution in [-0.4, -0.2) is 19.2 Å². The van der Waals surface area contributed by atoms with Crippen LogP contribution in [0.3, 0.4) is 0 Å². The monoisotopic (exact) mass is 296 g/mol. The first-order valence-electron chi connectivity index (χ1n) is 4.89. The molecule has 0 aliphatic rings. The first kappa shape index (κ1) is 14.4. The third-order valence-electron chi connectivity index (χ3n) is 2.10. The summed E-state index contributed by atoms with van der Waals surface area (Å²) in [5.41, 5.74) is 0. The molecule has 94 valence electrons. The average molecular weight is 298 g/mol. The summed E-state index contributed by atoms with van der Waals surface area (Å²) in [5.74, 6) is -0.159. The van der Waals surface area contributed by atoms with E-state index in [-0.39, 0.29) is 10.0 Å². The van der Waals surface area contributed by atoms with Gasteiger partial charge in [-0.15, -0.1) is 0 Å². The standard InChI is InChI=1S/C11H11Cl3O3/c1-3-7(11(15)16-2)17-8-5-4-6(12)9(13)10(8)14/h4-5,7H,3H2,1-2H3/t7-/m1/s1. The lowest BCUT2D eigenvalue weighted by molar-refractivity contribution is -0.148. The molecule has 0 spiro atoms. The molecule has 0 aliphatic carbocycles. The van der Waals surface area contributed by atoms with E-state index in [0.717, 1.165) is 0 Å². The SMILES string of the molecule is CC[C@@H](Oc1ccc(Cl)c(Cl)c1Cl)C(=O)OC. The van der Waals surface area contributed by atoms with Crippen LogP contribution >= 0.6 is 34.8 Å². The quantitative estimate of drug-likeness (QED) is 0.623. The summed E-state index contributed by atoms with van der Waals surface area (Å²) >= 11 is 17.6. The zero-order valence-electron chi connectivity index (χ0n) is 9.30. The first-order valence-corrected chi connectivity index (χ1v) is 6.02. The smallest absolute Gasteiger partial charge is 0.347 e. The zero-order chi connectivity index (χ0) is 13.0. The molecule has 17 heavy (non-hydrogen) atoms. The summed E-state index contributed by atoms with van der Waals surface area (Å²) in [6.07, 6.45) is -0.252. The van der Waals surface area contributed by atoms with Crippen molar-refractivity contribution in [2.75, 3.05) is 7.11 Å². The highest BCUT2D eigenvalue weighted by atomic mass is 35.5. The highest BCUT2D eigenvalue weighted by Gasteiger charge is 2.21. The average Bonchev–Trinajstić information content (AvgIpc) is 2.34. The number of carbonyl (C=O) groups excluding carboxylic acids is 1. The molecular weight excluding hydrogens is 286 g/mol. The second-order valence-corrected chi connectivity index (χ2v) is 4.37. The van der Waals surface area contributed by atoms with E-state index < -0.39 is 12.1 Å². The van der Waals surface area contributed by atoms with Crippen LogP contribution in [0.1, 0.15) is 13.3 Å².